The number of pyridine rings is 1. The molecule has 1 aliphatic heterocycles. The number of carbonyl (C=O) groups excluding carboxylic acids is 2. The molecule has 3 aromatic heterocycles. The number of unbranched alkanes of at least 4 members (excludes halogenated alkanes) is 2. The molecule has 9 nitrogen and oxygen atoms in total. The number of amides is 2. The van der Waals surface area contributed by atoms with Crippen LogP contribution >= 0.6 is 0 Å². The van der Waals surface area contributed by atoms with Crippen molar-refractivity contribution < 1.29 is 9.59 Å². The largest absolute Gasteiger partial charge is 0.319 e. The third-order valence-electron chi connectivity index (χ3n) is 7.62. The monoisotopic (exact) mass is 489 g/mol. The third-order valence-corrected chi connectivity index (χ3v) is 7.62. The molecule has 0 bridgehead atoms. The van der Waals surface area contributed by atoms with Crippen LogP contribution in [0.4, 0.5) is 5.69 Å². The van der Waals surface area contributed by atoms with Crippen LogP contribution in [0.5, 0.6) is 0 Å². The molecule has 1 aliphatic carbocycles. The number of nitrogens with zero attached hydrogens (tertiary/aromatic N) is 5. The first-order valence-corrected chi connectivity index (χ1v) is 13.1. The van der Waals surface area contributed by atoms with E-state index in [1.807, 2.05) is 32.9 Å². The summed E-state index contributed by atoms with van der Waals surface area (Å²) in [5.74, 6) is 0.185. The minimum Gasteiger partial charge on any atom is -0.319 e. The molecule has 2 N–H and O–H groups in total. The summed E-state index contributed by atoms with van der Waals surface area (Å²) in [4.78, 5) is 33.5. The van der Waals surface area contributed by atoms with E-state index in [2.05, 4.69) is 32.5 Å². The summed E-state index contributed by atoms with van der Waals surface area (Å²) in [5.41, 5.74) is 3.75. The van der Waals surface area contributed by atoms with Crippen molar-refractivity contribution in [3.05, 3.63) is 47.7 Å². The summed E-state index contributed by atoms with van der Waals surface area (Å²) < 4.78 is 1.66. The molecule has 5 rings (SSSR count). The summed E-state index contributed by atoms with van der Waals surface area (Å²) in [7, 11) is 0. The molecule has 0 spiro atoms. The number of carbonyl (C=O) groups is 2. The maximum absolute atomic E-state index is 13.7. The Morgan fingerprint density at radius 1 is 1.22 bits per heavy atom. The van der Waals surface area contributed by atoms with Crippen LogP contribution in [0.2, 0.25) is 0 Å². The van der Waals surface area contributed by atoms with E-state index in [4.69, 9.17) is 0 Å². The summed E-state index contributed by atoms with van der Waals surface area (Å²) in [6, 6.07) is 5.55. The Hall–Kier alpha value is -3.49. The van der Waals surface area contributed by atoms with Crippen molar-refractivity contribution in [3.8, 4) is 11.3 Å². The number of aryl methyl sites for hydroxylation is 3. The summed E-state index contributed by atoms with van der Waals surface area (Å²) in [6.45, 7) is 8.63. The molecule has 1 unspecified atom stereocenters. The molecule has 2 amide bonds. The summed E-state index contributed by atoms with van der Waals surface area (Å²) in [6.07, 6.45) is 9.73. The Kier molecular flexibility index (Phi) is 6.40. The summed E-state index contributed by atoms with van der Waals surface area (Å²) >= 11 is 0. The zero-order valence-corrected chi connectivity index (χ0v) is 21.5. The average molecular weight is 490 g/mol. The molecule has 2 atom stereocenters. The molecule has 2 fully saturated rings. The number of hydrogen-bond acceptors (Lipinski definition) is 5. The van der Waals surface area contributed by atoms with Gasteiger partial charge in [0, 0.05) is 29.9 Å². The minimum absolute atomic E-state index is 0.0583. The number of aromatic amines is 1. The van der Waals surface area contributed by atoms with E-state index >= 15 is 0 Å². The number of H-pyrrole nitrogens is 1. The zero-order valence-electron chi connectivity index (χ0n) is 21.5. The molecule has 3 aromatic rings. The molecular formula is C27H35N7O2. The van der Waals surface area contributed by atoms with Crippen LogP contribution in [0.25, 0.3) is 11.3 Å². The molecule has 36 heavy (non-hydrogen) atoms. The van der Waals surface area contributed by atoms with E-state index in [1.54, 1.807) is 28.0 Å². The quantitative estimate of drug-likeness (QED) is 0.307. The Labute approximate surface area is 211 Å². The molecule has 1 saturated carbocycles. The molecule has 1 saturated heterocycles. The maximum atomic E-state index is 13.7. The van der Waals surface area contributed by atoms with Gasteiger partial charge < -0.3 is 5.32 Å². The molecule has 2 aliphatic rings. The van der Waals surface area contributed by atoms with Gasteiger partial charge in [0.25, 0.3) is 11.8 Å². The van der Waals surface area contributed by atoms with Gasteiger partial charge in [-0.2, -0.15) is 10.2 Å². The Morgan fingerprint density at radius 3 is 2.64 bits per heavy atom. The lowest BCUT2D eigenvalue weighted by molar-refractivity contribution is -0.112. The van der Waals surface area contributed by atoms with Crippen LogP contribution in [0.15, 0.2) is 30.6 Å². The lowest BCUT2D eigenvalue weighted by Crippen LogP contribution is -2.49. The van der Waals surface area contributed by atoms with E-state index in [0.29, 0.717) is 23.8 Å². The molecule has 4 heterocycles. The van der Waals surface area contributed by atoms with E-state index in [-0.39, 0.29) is 17.7 Å². The maximum Gasteiger partial charge on any atom is 0.276 e. The number of aromatic nitrogens is 5. The van der Waals surface area contributed by atoms with Crippen molar-refractivity contribution in [1.82, 2.24) is 30.3 Å². The average Bonchev–Trinajstić information content (AvgIpc) is 3.70. The SMILES string of the molecule is CCCCCC(C1CC1)[C@@]1(NC(=O)c2ccnn2CC)C(=O)N1c1ccc(-c2c(C)n[nH]c2C)nc1. The molecule has 0 radical (unpaired) electrons. The van der Waals surface area contributed by atoms with Crippen LogP contribution in [0, 0.1) is 25.7 Å². The fourth-order valence-electron chi connectivity index (χ4n) is 5.60. The molecule has 0 aromatic carbocycles. The predicted molar refractivity (Wildman–Crippen MR) is 137 cm³/mol. The number of rotatable bonds is 11. The van der Waals surface area contributed by atoms with Crippen molar-refractivity contribution >= 4 is 17.5 Å². The van der Waals surface area contributed by atoms with Crippen LogP contribution < -0.4 is 10.2 Å². The van der Waals surface area contributed by atoms with E-state index in [9.17, 15) is 9.59 Å². The highest BCUT2D eigenvalue weighted by Crippen LogP contribution is 2.54. The molecular weight excluding hydrogens is 454 g/mol. The molecule has 190 valence electrons. The number of anilines is 1. The second kappa shape index (κ2) is 9.52. The van der Waals surface area contributed by atoms with Crippen LogP contribution in [-0.4, -0.2) is 42.4 Å². The van der Waals surface area contributed by atoms with Gasteiger partial charge in [-0.1, -0.05) is 26.2 Å². The predicted octanol–water partition coefficient (Wildman–Crippen LogP) is 4.38. The fourth-order valence-corrected chi connectivity index (χ4v) is 5.60. The van der Waals surface area contributed by atoms with Crippen molar-refractivity contribution in [2.45, 2.75) is 78.4 Å². The summed E-state index contributed by atoms with van der Waals surface area (Å²) in [5, 5.41) is 14.7. The van der Waals surface area contributed by atoms with Gasteiger partial charge in [0.2, 0.25) is 5.66 Å². The van der Waals surface area contributed by atoms with Crippen molar-refractivity contribution in [1.29, 1.82) is 0 Å². The second-order valence-electron chi connectivity index (χ2n) is 10.0. The lowest BCUT2D eigenvalue weighted by atomic mass is 9.87. The van der Waals surface area contributed by atoms with Crippen molar-refractivity contribution in [2.75, 3.05) is 4.90 Å². The Bertz CT molecular complexity index is 1240. The standard InChI is InChI=1S/C27H35N7O2/c1-5-7-8-9-21(19-10-11-19)27(30-25(35)23-14-15-29-33(23)6-2)26(36)34(27)20-12-13-22(28-16-20)24-17(3)31-32-18(24)4/h12-16,19,21H,5-11H2,1-4H3,(H,30,35)(H,31,32)/t21?,27-,34?/m0/s1. The second-order valence-corrected chi connectivity index (χ2v) is 10.0. The van der Waals surface area contributed by atoms with Crippen LogP contribution in [0.1, 0.15) is 74.2 Å². The fraction of sp³-hybridized carbons (Fsp3) is 0.519. The third kappa shape index (κ3) is 4.10. The highest BCUT2D eigenvalue weighted by atomic mass is 16.2. The number of nitrogens with one attached hydrogen (secondary N) is 2. The van der Waals surface area contributed by atoms with E-state index in [0.717, 1.165) is 61.2 Å². The minimum atomic E-state index is -1.04. The van der Waals surface area contributed by atoms with Gasteiger partial charge in [-0.15, -0.1) is 0 Å². The number of hydrogen-bond donors (Lipinski definition) is 2. The van der Waals surface area contributed by atoms with Crippen molar-refractivity contribution in [3.63, 3.8) is 0 Å². The van der Waals surface area contributed by atoms with Gasteiger partial charge in [-0.05, 0) is 64.2 Å². The van der Waals surface area contributed by atoms with Gasteiger partial charge in [-0.3, -0.25) is 29.3 Å². The van der Waals surface area contributed by atoms with E-state index < -0.39 is 5.66 Å². The smallest absolute Gasteiger partial charge is 0.276 e. The van der Waals surface area contributed by atoms with Gasteiger partial charge in [0.05, 0.1) is 23.3 Å². The first-order valence-electron chi connectivity index (χ1n) is 13.1. The van der Waals surface area contributed by atoms with Crippen LogP contribution in [0.3, 0.4) is 0 Å². The van der Waals surface area contributed by atoms with Gasteiger partial charge in [0.1, 0.15) is 5.69 Å². The van der Waals surface area contributed by atoms with Crippen molar-refractivity contribution in [2.24, 2.45) is 11.8 Å². The Balaban J connectivity index is 1.48. The first-order chi connectivity index (χ1) is 17.4. The highest BCUT2D eigenvalue weighted by Gasteiger charge is 2.70. The van der Waals surface area contributed by atoms with Gasteiger partial charge in [-0.25, -0.2) is 0 Å². The van der Waals surface area contributed by atoms with E-state index in [1.165, 1.54) is 0 Å². The van der Waals surface area contributed by atoms with Gasteiger partial charge >= 0.3 is 0 Å². The van der Waals surface area contributed by atoms with Crippen LogP contribution in [-0.2, 0) is 11.3 Å². The first kappa shape index (κ1) is 24.2. The zero-order chi connectivity index (χ0) is 25.4. The highest BCUT2D eigenvalue weighted by molar-refractivity contribution is 6.22. The normalized spacial score (nSPS) is 20.0. The Morgan fingerprint density at radius 2 is 2.03 bits per heavy atom. The molecule has 9 heteroatoms. The lowest BCUT2D eigenvalue weighted by Gasteiger charge is -2.27. The topological polar surface area (TPSA) is 109 Å². The van der Waals surface area contributed by atoms with Gasteiger partial charge in [0.15, 0.2) is 0 Å².